The molecule has 2 heterocycles. The summed E-state index contributed by atoms with van der Waals surface area (Å²) in [7, 11) is 0. The van der Waals surface area contributed by atoms with Gasteiger partial charge in [-0.25, -0.2) is 4.79 Å². The highest BCUT2D eigenvalue weighted by molar-refractivity contribution is 8.15. The van der Waals surface area contributed by atoms with E-state index in [0.717, 1.165) is 54.5 Å². The van der Waals surface area contributed by atoms with E-state index >= 15 is 0 Å². The molecule has 1 aliphatic rings. The molecule has 8 heteroatoms. The molecule has 0 spiro atoms. The SMILES string of the molecule is CCCCCCCCOC(=O)N1C(=O)SC(Cc2ccc(OCCc3ccc(CC)cn3)cc2)C1=O. The van der Waals surface area contributed by atoms with Gasteiger partial charge in [0, 0.05) is 18.3 Å². The number of pyridine rings is 1. The number of amides is 3. The molecule has 1 fully saturated rings. The smallest absolute Gasteiger partial charge is 0.424 e. The molecule has 0 radical (unpaired) electrons. The van der Waals surface area contributed by atoms with E-state index in [-0.39, 0.29) is 6.61 Å². The van der Waals surface area contributed by atoms with Gasteiger partial charge in [0.25, 0.3) is 11.1 Å². The lowest BCUT2D eigenvalue weighted by atomic mass is 10.1. The van der Waals surface area contributed by atoms with Gasteiger partial charge in [-0.1, -0.05) is 64.2 Å². The molecule has 7 nitrogen and oxygen atoms in total. The van der Waals surface area contributed by atoms with Crippen LogP contribution >= 0.6 is 11.8 Å². The molecule has 1 aliphatic heterocycles. The number of unbranched alkanes of at least 4 members (excludes halogenated alkanes) is 5. The minimum absolute atomic E-state index is 0.221. The van der Waals surface area contributed by atoms with Crippen LogP contribution in [-0.2, 0) is 28.8 Å². The Kier molecular flexibility index (Phi) is 11.3. The lowest BCUT2D eigenvalue weighted by Gasteiger charge is -2.13. The molecule has 0 bridgehead atoms. The Hall–Kier alpha value is -2.87. The van der Waals surface area contributed by atoms with Gasteiger partial charge in [-0.2, -0.15) is 4.90 Å². The van der Waals surface area contributed by atoms with Gasteiger partial charge in [-0.3, -0.25) is 14.6 Å². The van der Waals surface area contributed by atoms with E-state index in [1.807, 2.05) is 36.5 Å². The highest BCUT2D eigenvalue weighted by atomic mass is 32.2. The fourth-order valence-corrected chi connectivity index (χ4v) is 4.88. The van der Waals surface area contributed by atoms with Crippen molar-refractivity contribution in [2.75, 3.05) is 13.2 Å². The summed E-state index contributed by atoms with van der Waals surface area (Å²) in [6.07, 6.45) is 9.42. The lowest BCUT2D eigenvalue weighted by molar-refractivity contribution is -0.125. The predicted octanol–water partition coefficient (Wildman–Crippen LogP) is 6.37. The van der Waals surface area contributed by atoms with Crippen molar-refractivity contribution in [3.63, 3.8) is 0 Å². The summed E-state index contributed by atoms with van der Waals surface area (Å²) in [5, 5.41) is -1.21. The maximum absolute atomic E-state index is 12.7. The number of aryl methyl sites for hydroxylation is 1. The number of hydrogen-bond acceptors (Lipinski definition) is 7. The predicted molar refractivity (Wildman–Crippen MR) is 141 cm³/mol. The first kappa shape index (κ1) is 27.7. The van der Waals surface area contributed by atoms with E-state index in [2.05, 4.69) is 24.9 Å². The summed E-state index contributed by atoms with van der Waals surface area (Å²) >= 11 is 0.874. The number of imide groups is 3. The van der Waals surface area contributed by atoms with Crippen molar-refractivity contribution in [3.8, 4) is 5.75 Å². The third-order valence-electron chi connectivity index (χ3n) is 6.09. The Morgan fingerprint density at radius 1 is 0.944 bits per heavy atom. The first-order valence-electron chi connectivity index (χ1n) is 12.9. The summed E-state index contributed by atoms with van der Waals surface area (Å²) in [6, 6.07) is 11.6. The normalized spacial score (nSPS) is 15.4. The number of thioether (sulfide) groups is 1. The largest absolute Gasteiger partial charge is 0.493 e. The highest BCUT2D eigenvalue weighted by Gasteiger charge is 2.44. The van der Waals surface area contributed by atoms with E-state index in [9.17, 15) is 14.4 Å². The molecule has 3 amide bonds. The average molecular weight is 513 g/mol. The third kappa shape index (κ3) is 8.36. The number of hydrogen-bond donors (Lipinski definition) is 0. The third-order valence-corrected chi connectivity index (χ3v) is 7.13. The lowest BCUT2D eigenvalue weighted by Crippen LogP contribution is -2.38. The standard InChI is InChI=1S/C28H36N2O5S/c1-3-5-6-7-8-9-17-35-27(32)30-26(31)25(36-28(30)33)19-22-11-14-24(15-12-22)34-18-16-23-13-10-21(4-2)20-29-23/h10-15,20,25H,3-9,16-19H2,1-2H3. The Balaban J connectivity index is 1.40. The van der Waals surface area contributed by atoms with Crippen molar-refractivity contribution in [2.45, 2.75) is 76.9 Å². The van der Waals surface area contributed by atoms with Crippen LogP contribution in [0.1, 0.15) is 69.2 Å². The molecular formula is C28H36N2O5S. The van der Waals surface area contributed by atoms with Crippen LogP contribution in [-0.4, -0.2) is 45.6 Å². The van der Waals surface area contributed by atoms with Crippen LogP contribution in [0.15, 0.2) is 42.6 Å². The second-order valence-corrected chi connectivity index (χ2v) is 10.0. The van der Waals surface area contributed by atoms with Crippen molar-refractivity contribution in [3.05, 3.63) is 59.4 Å². The zero-order valence-corrected chi connectivity index (χ0v) is 22.1. The number of rotatable bonds is 14. The second-order valence-electron chi connectivity index (χ2n) is 8.89. The van der Waals surface area contributed by atoms with Gasteiger partial charge in [0.15, 0.2) is 0 Å². The number of aromatic nitrogens is 1. The minimum atomic E-state index is -0.865. The molecular weight excluding hydrogens is 476 g/mol. The molecule has 1 unspecified atom stereocenters. The molecule has 0 saturated carbocycles. The van der Waals surface area contributed by atoms with Gasteiger partial charge in [-0.05, 0) is 60.4 Å². The monoisotopic (exact) mass is 512 g/mol. The van der Waals surface area contributed by atoms with Crippen molar-refractivity contribution < 1.29 is 23.9 Å². The van der Waals surface area contributed by atoms with Crippen LogP contribution in [0.25, 0.3) is 0 Å². The molecule has 1 saturated heterocycles. The van der Waals surface area contributed by atoms with E-state index in [1.165, 1.54) is 24.8 Å². The number of carbonyl (C=O) groups excluding carboxylic acids is 3. The molecule has 1 atom stereocenters. The van der Waals surface area contributed by atoms with Crippen LogP contribution in [0.2, 0.25) is 0 Å². The molecule has 0 aliphatic carbocycles. The summed E-state index contributed by atoms with van der Waals surface area (Å²) in [4.78, 5) is 42.4. The molecule has 1 aromatic carbocycles. The van der Waals surface area contributed by atoms with Crippen LogP contribution in [0.3, 0.4) is 0 Å². The van der Waals surface area contributed by atoms with Gasteiger partial charge < -0.3 is 9.47 Å². The number of carbonyl (C=O) groups is 3. The maximum atomic E-state index is 12.7. The van der Waals surface area contributed by atoms with Crippen LogP contribution in [0, 0.1) is 0 Å². The minimum Gasteiger partial charge on any atom is -0.493 e. The van der Waals surface area contributed by atoms with Crippen LogP contribution < -0.4 is 4.74 Å². The Morgan fingerprint density at radius 2 is 1.67 bits per heavy atom. The summed E-state index contributed by atoms with van der Waals surface area (Å²) < 4.78 is 11.0. The van der Waals surface area contributed by atoms with Crippen LogP contribution in [0.4, 0.5) is 9.59 Å². The topological polar surface area (TPSA) is 85.8 Å². The number of nitrogens with zero attached hydrogens (tertiary/aromatic N) is 2. The van der Waals surface area contributed by atoms with E-state index < -0.39 is 22.5 Å². The molecule has 1 aromatic heterocycles. The first-order chi connectivity index (χ1) is 17.5. The summed E-state index contributed by atoms with van der Waals surface area (Å²) in [6.45, 7) is 5.00. The van der Waals surface area contributed by atoms with Crippen molar-refractivity contribution in [1.29, 1.82) is 0 Å². The Morgan fingerprint density at radius 3 is 2.36 bits per heavy atom. The second kappa shape index (κ2) is 14.6. The fraction of sp³-hybridized carbons (Fsp3) is 0.500. The molecule has 194 valence electrons. The van der Waals surface area contributed by atoms with E-state index in [1.54, 1.807) is 0 Å². The average Bonchev–Trinajstić information content (AvgIpc) is 3.17. The zero-order chi connectivity index (χ0) is 25.8. The summed E-state index contributed by atoms with van der Waals surface area (Å²) in [5.41, 5.74) is 3.09. The summed E-state index contributed by atoms with van der Waals surface area (Å²) in [5.74, 6) is 0.213. The Labute approximate surface area is 218 Å². The Bertz CT molecular complexity index is 994. The molecule has 0 N–H and O–H groups in total. The van der Waals surface area contributed by atoms with Crippen LogP contribution in [0.5, 0.6) is 5.75 Å². The number of benzene rings is 1. The van der Waals surface area contributed by atoms with Crippen molar-refractivity contribution in [2.24, 2.45) is 0 Å². The number of ether oxygens (including phenoxy) is 2. The van der Waals surface area contributed by atoms with Crippen molar-refractivity contribution in [1.82, 2.24) is 9.88 Å². The quantitative estimate of drug-likeness (QED) is 0.272. The molecule has 36 heavy (non-hydrogen) atoms. The van der Waals surface area contributed by atoms with E-state index in [4.69, 9.17) is 9.47 Å². The van der Waals surface area contributed by atoms with Crippen molar-refractivity contribution >= 4 is 29.0 Å². The van der Waals surface area contributed by atoms with Gasteiger partial charge in [0.1, 0.15) is 5.75 Å². The zero-order valence-electron chi connectivity index (χ0n) is 21.2. The van der Waals surface area contributed by atoms with Gasteiger partial charge in [0.2, 0.25) is 0 Å². The first-order valence-corrected chi connectivity index (χ1v) is 13.8. The fourth-order valence-electron chi connectivity index (χ4n) is 3.88. The highest BCUT2D eigenvalue weighted by Crippen LogP contribution is 2.30. The maximum Gasteiger partial charge on any atom is 0.424 e. The molecule has 2 aromatic rings. The van der Waals surface area contributed by atoms with Gasteiger partial charge in [0.05, 0.1) is 18.5 Å². The van der Waals surface area contributed by atoms with Gasteiger partial charge >= 0.3 is 6.09 Å². The van der Waals surface area contributed by atoms with Gasteiger partial charge in [-0.15, -0.1) is 0 Å². The van der Waals surface area contributed by atoms with E-state index in [0.29, 0.717) is 24.3 Å². The molecule has 3 rings (SSSR count).